The number of halogens is 1. The smallest absolute Gasteiger partial charge is 0.234 e. The van der Waals surface area contributed by atoms with Gasteiger partial charge in [-0.25, -0.2) is 4.39 Å². The minimum atomic E-state index is -0.317. The van der Waals surface area contributed by atoms with Crippen LogP contribution < -0.4 is 10.2 Å². The van der Waals surface area contributed by atoms with Crippen LogP contribution in [0.3, 0.4) is 0 Å². The van der Waals surface area contributed by atoms with E-state index < -0.39 is 0 Å². The molecule has 1 aliphatic rings. The molecule has 1 fully saturated rings. The van der Waals surface area contributed by atoms with Gasteiger partial charge in [-0.15, -0.1) is 0 Å². The van der Waals surface area contributed by atoms with Gasteiger partial charge in [0.05, 0.1) is 5.41 Å². The van der Waals surface area contributed by atoms with E-state index in [1.165, 1.54) is 12.1 Å². The number of anilines is 1. The minimum Gasteiger partial charge on any atom is -0.316 e. The Hall–Kier alpha value is -1.42. The van der Waals surface area contributed by atoms with Gasteiger partial charge in [-0.1, -0.05) is 6.92 Å². The molecule has 3 nitrogen and oxygen atoms in total. The lowest BCUT2D eigenvalue weighted by molar-refractivity contribution is -0.129. The van der Waals surface area contributed by atoms with Crippen molar-refractivity contribution in [1.82, 2.24) is 5.32 Å². The highest BCUT2D eigenvalue weighted by Crippen LogP contribution is 2.34. The van der Waals surface area contributed by atoms with Gasteiger partial charge in [0.2, 0.25) is 5.91 Å². The van der Waals surface area contributed by atoms with Gasteiger partial charge in [-0.2, -0.15) is 0 Å². The topological polar surface area (TPSA) is 32.3 Å². The minimum absolute atomic E-state index is 0.154. The average Bonchev–Trinajstić information content (AvgIpc) is 2.50. The van der Waals surface area contributed by atoms with Crippen LogP contribution in [0.2, 0.25) is 0 Å². The Balaban J connectivity index is 2.25. The number of hydrogen-bond donors (Lipinski definition) is 1. The van der Waals surface area contributed by atoms with Gasteiger partial charge in [0.15, 0.2) is 0 Å². The number of amides is 1. The van der Waals surface area contributed by atoms with Crippen LogP contribution in [-0.2, 0) is 4.79 Å². The quantitative estimate of drug-likeness (QED) is 0.918. The summed E-state index contributed by atoms with van der Waals surface area (Å²) in [6.07, 6.45) is 2.78. The Morgan fingerprint density at radius 2 is 2.05 bits per heavy atom. The molecule has 1 atom stereocenters. The SMILES string of the molecule is CCN(C(=O)C1(CC)CCCNC1)c1ccc(F)cc1. The molecule has 0 radical (unpaired) electrons. The summed E-state index contributed by atoms with van der Waals surface area (Å²) in [5, 5.41) is 3.34. The first-order valence-corrected chi connectivity index (χ1v) is 7.41. The van der Waals surface area contributed by atoms with Crippen molar-refractivity contribution in [1.29, 1.82) is 0 Å². The molecule has 1 amide bonds. The molecule has 0 bridgehead atoms. The standard InChI is InChI=1S/C16H23FN2O/c1-3-16(10-5-11-18-12-16)15(20)19(4-2)14-8-6-13(17)7-9-14/h6-9,18H,3-5,10-12H2,1-2H3. The summed E-state index contributed by atoms with van der Waals surface area (Å²) in [7, 11) is 0. The summed E-state index contributed by atoms with van der Waals surface area (Å²) in [6.45, 7) is 6.36. The Kier molecular flexibility index (Phi) is 4.76. The van der Waals surface area contributed by atoms with Crippen molar-refractivity contribution >= 4 is 11.6 Å². The summed E-state index contributed by atoms with van der Waals surface area (Å²) in [5.41, 5.74) is 0.458. The first kappa shape index (κ1) is 15.0. The molecule has 1 aromatic rings. The van der Waals surface area contributed by atoms with Crippen LogP contribution >= 0.6 is 0 Å². The van der Waals surface area contributed by atoms with E-state index in [0.717, 1.165) is 38.0 Å². The molecular weight excluding hydrogens is 255 g/mol. The van der Waals surface area contributed by atoms with Crippen LogP contribution in [0, 0.1) is 11.2 Å². The van der Waals surface area contributed by atoms with Gasteiger partial charge in [0, 0.05) is 18.8 Å². The normalized spacial score (nSPS) is 22.6. The van der Waals surface area contributed by atoms with Crippen LogP contribution in [0.15, 0.2) is 24.3 Å². The second-order valence-electron chi connectivity index (χ2n) is 5.44. The van der Waals surface area contributed by atoms with Crippen molar-refractivity contribution in [2.75, 3.05) is 24.5 Å². The van der Waals surface area contributed by atoms with E-state index in [4.69, 9.17) is 0 Å². The summed E-state index contributed by atoms with van der Waals surface area (Å²) in [4.78, 5) is 14.7. The highest BCUT2D eigenvalue weighted by molar-refractivity contribution is 5.97. The maximum absolute atomic E-state index is 13.0. The van der Waals surface area contributed by atoms with Gasteiger partial charge in [-0.3, -0.25) is 4.79 Å². The van der Waals surface area contributed by atoms with E-state index in [0.29, 0.717) is 6.54 Å². The third-order valence-electron chi connectivity index (χ3n) is 4.30. The van der Waals surface area contributed by atoms with Crippen molar-refractivity contribution in [3.05, 3.63) is 30.1 Å². The Labute approximate surface area is 120 Å². The number of hydrogen-bond acceptors (Lipinski definition) is 2. The first-order valence-electron chi connectivity index (χ1n) is 7.41. The molecule has 0 aliphatic carbocycles. The number of rotatable bonds is 4. The molecular formula is C16H23FN2O. The van der Waals surface area contributed by atoms with Crippen molar-refractivity contribution < 1.29 is 9.18 Å². The number of nitrogens with one attached hydrogen (secondary N) is 1. The van der Waals surface area contributed by atoms with E-state index in [-0.39, 0.29) is 17.1 Å². The molecule has 1 unspecified atom stereocenters. The number of benzene rings is 1. The Bertz CT molecular complexity index is 452. The fraction of sp³-hybridized carbons (Fsp3) is 0.562. The Morgan fingerprint density at radius 1 is 1.35 bits per heavy atom. The lowest BCUT2D eigenvalue weighted by atomic mass is 9.77. The van der Waals surface area contributed by atoms with Crippen molar-refractivity contribution in [2.45, 2.75) is 33.1 Å². The molecule has 0 aromatic heterocycles. The molecule has 0 saturated carbocycles. The monoisotopic (exact) mass is 278 g/mol. The van der Waals surface area contributed by atoms with Gasteiger partial charge >= 0.3 is 0 Å². The third-order valence-corrected chi connectivity index (χ3v) is 4.30. The second kappa shape index (κ2) is 6.35. The lowest BCUT2D eigenvalue weighted by Gasteiger charge is -2.39. The molecule has 20 heavy (non-hydrogen) atoms. The maximum Gasteiger partial charge on any atom is 0.234 e. The summed E-state index contributed by atoms with van der Waals surface area (Å²) < 4.78 is 13.0. The maximum atomic E-state index is 13.0. The fourth-order valence-electron chi connectivity index (χ4n) is 2.95. The molecule has 1 aliphatic heterocycles. The molecule has 1 heterocycles. The van der Waals surface area contributed by atoms with Crippen LogP contribution in [0.25, 0.3) is 0 Å². The van der Waals surface area contributed by atoms with Crippen LogP contribution in [0.1, 0.15) is 33.1 Å². The van der Waals surface area contributed by atoms with Crippen LogP contribution in [0.4, 0.5) is 10.1 Å². The number of carbonyl (C=O) groups is 1. The van der Waals surface area contributed by atoms with E-state index >= 15 is 0 Å². The fourth-order valence-corrected chi connectivity index (χ4v) is 2.95. The van der Waals surface area contributed by atoms with E-state index in [9.17, 15) is 9.18 Å². The number of carbonyl (C=O) groups excluding carboxylic acids is 1. The van der Waals surface area contributed by atoms with Crippen molar-refractivity contribution in [3.8, 4) is 0 Å². The molecule has 1 saturated heterocycles. The second-order valence-corrected chi connectivity index (χ2v) is 5.44. The molecule has 1 aromatic carbocycles. The Morgan fingerprint density at radius 3 is 2.55 bits per heavy atom. The zero-order chi connectivity index (χ0) is 14.6. The van der Waals surface area contributed by atoms with E-state index in [1.54, 1.807) is 17.0 Å². The molecule has 4 heteroatoms. The molecule has 110 valence electrons. The highest BCUT2D eigenvalue weighted by atomic mass is 19.1. The van der Waals surface area contributed by atoms with Gasteiger partial charge in [0.1, 0.15) is 5.82 Å². The zero-order valence-corrected chi connectivity index (χ0v) is 12.3. The summed E-state index contributed by atoms with van der Waals surface area (Å²) in [5.74, 6) is -0.122. The lowest BCUT2D eigenvalue weighted by Crippen LogP contribution is -2.51. The molecule has 2 rings (SSSR count). The predicted molar refractivity (Wildman–Crippen MR) is 79.3 cm³/mol. The number of piperidine rings is 1. The molecule has 1 N–H and O–H groups in total. The van der Waals surface area contributed by atoms with Gasteiger partial charge in [-0.05, 0) is 57.0 Å². The third kappa shape index (κ3) is 2.85. The van der Waals surface area contributed by atoms with E-state index in [2.05, 4.69) is 12.2 Å². The van der Waals surface area contributed by atoms with Crippen molar-refractivity contribution in [3.63, 3.8) is 0 Å². The molecule has 0 spiro atoms. The number of nitrogens with zero attached hydrogens (tertiary/aromatic N) is 1. The first-order chi connectivity index (χ1) is 9.63. The predicted octanol–water partition coefficient (Wildman–Crippen LogP) is 2.96. The highest BCUT2D eigenvalue weighted by Gasteiger charge is 2.40. The van der Waals surface area contributed by atoms with Crippen LogP contribution in [0.5, 0.6) is 0 Å². The zero-order valence-electron chi connectivity index (χ0n) is 12.3. The summed E-state index contributed by atoms with van der Waals surface area (Å²) in [6, 6.07) is 6.17. The largest absolute Gasteiger partial charge is 0.316 e. The van der Waals surface area contributed by atoms with Crippen molar-refractivity contribution in [2.24, 2.45) is 5.41 Å². The average molecular weight is 278 g/mol. The van der Waals surface area contributed by atoms with Crippen LogP contribution in [-0.4, -0.2) is 25.5 Å². The van der Waals surface area contributed by atoms with Gasteiger partial charge < -0.3 is 10.2 Å². The van der Waals surface area contributed by atoms with Gasteiger partial charge in [0.25, 0.3) is 0 Å². The summed E-state index contributed by atoms with van der Waals surface area (Å²) >= 11 is 0. The van der Waals surface area contributed by atoms with E-state index in [1.807, 2.05) is 6.92 Å².